The minimum atomic E-state index is -0.906. The van der Waals surface area contributed by atoms with Crippen LogP contribution in [-0.4, -0.2) is 42.5 Å². The van der Waals surface area contributed by atoms with E-state index >= 15 is 0 Å². The van der Waals surface area contributed by atoms with Crippen LogP contribution in [0.15, 0.2) is 0 Å². The first-order valence-corrected chi connectivity index (χ1v) is 10.1. The summed E-state index contributed by atoms with van der Waals surface area (Å²) in [6.07, 6.45) is 4.21. The van der Waals surface area contributed by atoms with Gasteiger partial charge in [-0.3, -0.25) is 10.2 Å². The predicted octanol–water partition coefficient (Wildman–Crippen LogP) is 3.44. The lowest BCUT2D eigenvalue weighted by Crippen LogP contribution is -2.02. The molecule has 2 saturated carbocycles. The molecule has 2 aromatic heterocycles. The van der Waals surface area contributed by atoms with Crippen molar-refractivity contribution < 1.29 is 19.8 Å². The highest BCUT2D eigenvalue weighted by atomic mass is 16.4. The molecule has 0 spiro atoms. The van der Waals surface area contributed by atoms with Gasteiger partial charge in [0.25, 0.3) is 0 Å². The SMILES string of the molecule is C.CC[C@@H]1[C@H]2Cc3c(C(=O)O)n[nH]c3[C@@H]12.CC[C@H]1[C@H]2Cc3c(C(=O)O)n[nH]c3[C@H]21. The van der Waals surface area contributed by atoms with E-state index < -0.39 is 11.9 Å². The summed E-state index contributed by atoms with van der Waals surface area (Å²) in [5, 5.41) is 31.3. The molecule has 0 radical (unpaired) electrons. The van der Waals surface area contributed by atoms with Crippen LogP contribution in [0, 0.1) is 23.7 Å². The molecule has 0 bridgehead atoms. The van der Waals surface area contributed by atoms with E-state index in [0.717, 1.165) is 47.2 Å². The van der Waals surface area contributed by atoms with Gasteiger partial charge in [-0.25, -0.2) is 9.59 Å². The molecule has 0 aromatic carbocycles. The first-order valence-electron chi connectivity index (χ1n) is 10.1. The summed E-state index contributed by atoms with van der Waals surface area (Å²) in [7, 11) is 0. The zero-order chi connectivity index (χ0) is 19.7. The van der Waals surface area contributed by atoms with Crippen molar-refractivity contribution in [1.82, 2.24) is 20.4 Å². The molecular formula is C21H28N4O4. The molecule has 6 atom stereocenters. The van der Waals surface area contributed by atoms with Gasteiger partial charge in [-0.1, -0.05) is 34.1 Å². The van der Waals surface area contributed by atoms with Crippen molar-refractivity contribution in [3.63, 3.8) is 0 Å². The van der Waals surface area contributed by atoms with Crippen molar-refractivity contribution in [3.05, 3.63) is 33.9 Å². The lowest BCUT2D eigenvalue weighted by molar-refractivity contribution is 0.0678. The number of fused-ring (bicyclic) bond motifs is 6. The number of H-pyrrole nitrogens is 2. The molecule has 2 heterocycles. The molecule has 0 saturated heterocycles. The molecular weight excluding hydrogens is 372 g/mol. The second-order valence-electron chi connectivity index (χ2n) is 8.47. The molecule has 4 aliphatic rings. The average molecular weight is 400 g/mol. The molecule has 29 heavy (non-hydrogen) atoms. The summed E-state index contributed by atoms with van der Waals surface area (Å²) in [4.78, 5) is 21.6. The number of aromatic carboxylic acids is 2. The van der Waals surface area contributed by atoms with Crippen LogP contribution in [-0.2, 0) is 12.8 Å². The van der Waals surface area contributed by atoms with Gasteiger partial charge in [0.15, 0.2) is 11.4 Å². The predicted molar refractivity (Wildman–Crippen MR) is 105 cm³/mol. The fourth-order valence-electron chi connectivity index (χ4n) is 5.96. The van der Waals surface area contributed by atoms with Crippen molar-refractivity contribution >= 4 is 11.9 Å². The summed E-state index contributed by atoms with van der Waals surface area (Å²) in [5.41, 5.74) is 4.58. The summed E-state index contributed by atoms with van der Waals surface area (Å²) < 4.78 is 0. The van der Waals surface area contributed by atoms with Crippen LogP contribution in [0.25, 0.3) is 0 Å². The van der Waals surface area contributed by atoms with Gasteiger partial charge < -0.3 is 10.2 Å². The minimum Gasteiger partial charge on any atom is -0.476 e. The molecule has 2 aromatic rings. The van der Waals surface area contributed by atoms with Gasteiger partial charge in [0.2, 0.25) is 0 Å². The molecule has 2 fully saturated rings. The number of carbonyl (C=O) groups is 2. The number of hydrogen-bond donors (Lipinski definition) is 4. The van der Waals surface area contributed by atoms with Gasteiger partial charge in [0.1, 0.15) is 0 Å². The van der Waals surface area contributed by atoms with Gasteiger partial charge in [0.05, 0.1) is 0 Å². The highest BCUT2D eigenvalue weighted by molar-refractivity contribution is 5.88. The highest BCUT2D eigenvalue weighted by Gasteiger charge is 2.57. The summed E-state index contributed by atoms with van der Waals surface area (Å²) in [6.45, 7) is 4.38. The Morgan fingerprint density at radius 3 is 1.55 bits per heavy atom. The van der Waals surface area contributed by atoms with E-state index in [1.165, 1.54) is 12.8 Å². The molecule has 0 unspecified atom stereocenters. The summed E-state index contributed by atoms with van der Waals surface area (Å²) >= 11 is 0. The summed E-state index contributed by atoms with van der Waals surface area (Å²) in [5.74, 6) is 2.28. The normalized spacial score (nSPS) is 31.4. The number of nitrogens with one attached hydrogen (secondary N) is 2. The average Bonchev–Trinajstić information content (AvgIpc) is 3.14. The third kappa shape index (κ3) is 2.72. The van der Waals surface area contributed by atoms with E-state index in [1.807, 2.05) is 0 Å². The molecule has 8 heteroatoms. The maximum Gasteiger partial charge on any atom is 0.356 e. The molecule has 0 aliphatic heterocycles. The molecule has 4 N–H and O–H groups in total. The Hall–Kier alpha value is -2.64. The van der Waals surface area contributed by atoms with Gasteiger partial charge in [-0.05, 0) is 36.5 Å². The van der Waals surface area contributed by atoms with E-state index in [4.69, 9.17) is 10.2 Å². The second-order valence-corrected chi connectivity index (χ2v) is 8.47. The largest absolute Gasteiger partial charge is 0.476 e. The topological polar surface area (TPSA) is 132 Å². The van der Waals surface area contributed by atoms with E-state index in [0.29, 0.717) is 23.7 Å². The van der Waals surface area contributed by atoms with Crippen molar-refractivity contribution in [2.75, 3.05) is 0 Å². The maximum absolute atomic E-state index is 10.8. The Morgan fingerprint density at radius 2 is 1.24 bits per heavy atom. The van der Waals surface area contributed by atoms with Crippen molar-refractivity contribution in [3.8, 4) is 0 Å². The van der Waals surface area contributed by atoms with Crippen LogP contribution in [0.3, 0.4) is 0 Å². The zero-order valence-corrected chi connectivity index (χ0v) is 15.9. The van der Waals surface area contributed by atoms with E-state index in [-0.39, 0.29) is 18.8 Å². The molecule has 156 valence electrons. The van der Waals surface area contributed by atoms with Gasteiger partial charge >= 0.3 is 11.9 Å². The summed E-state index contributed by atoms with van der Waals surface area (Å²) in [6, 6.07) is 0. The Balaban J connectivity index is 0.000000137. The van der Waals surface area contributed by atoms with E-state index in [2.05, 4.69) is 34.2 Å². The van der Waals surface area contributed by atoms with E-state index in [9.17, 15) is 9.59 Å². The highest BCUT2D eigenvalue weighted by Crippen LogP contribution is 2.63. The van der Waals surface area contributed by atoms with Gasteiger partial charge in [0, 0.05) is 34.4 Å². The number of nitrogens with zero attached hydrogens (tertiary/aromatic N) is 2. The maximum atomic E-state index is 10.8. The standard InChI is InChI=1S/2C10H12N2O2.CH4/c2*1-2-4-5-3-6-8(7(4)5)11-12-9(6)10(13)14;/h2*4-5,7H,2-3H2,1H3,(H,11,12)(H,13,14);1H4/t4-,5+,7-;4-,5-,7+;/m01./s1. The Kier molecular flexibility index (Phi) is 4.55. The zero-order valence-electron chi connectivity index (χ0n) is 15.9. The lowest BCUT2D eigenvalue weighted by atomic mass is 10.1. The number of carboxylic acids is 2. The number of rotatable bonds is 4. The Morgan fingerprint density at radius 1 is 0.862 bits per heavy atom. The fraction of sp³-hybridized carbons (Fsp3) is 0.619. The van der Waals surface area contributed by atoms with Crippen LogP contribution in [0.4, 0.5) is 0 Å². The minimum absolute atomic E-state index is 0. The lowest BCUT2D eigenvalue weighted by Gasteiger charge is -1.99. The van der Waals surface area contributed by atoms with Crippen LogP contribution in [0.5, 0.6) is 0 Å². The third-order valence-corrected chi connectivity index (χ3v) is 7.36. The van der Waals surface area contributed by atoms with Crippen LogP contribution in [0.1, 0.15) is 89.4 Å². The van der Waals surface area contributed by atoms with Gasteiger partial charge in [-0.2, -0.15) is 10.2 Å². The van der Waals surface area contributed by atoms with Crippen molar-refractivity contribution in [2.45, 2.75) is 58.8 Å². The van der Waals surface area contributed by atoms with Crippen LogP contribution in [0.2, 0.25) is 0 Å². The monoisotopic (exact) mass is 400 g/mol. The first-order chi connectivity index (χ1) is 13.5. The molecule has 6 rings (SSSR count). The fourth-order valence-corrected chi connectivity index (χ4v) is 5.96. The molecule has 4 aliphatic carbocycles. The second kappa shape index (κ2) is 6.71. The van der Waals surface area contributed by atoms with Crippen molar-refractivity contribution in [1.29, 1.82) is 0 Å². The third-order valence-electron chi connectivity index (χ3n) is 7.36. The first kappa shape index (κ1) is 19.7. The van der Waals surface area contributed by atoms with E-state index in [1.54, 1.807) is 0 Å². The molecule has 8 nitrogen and oxygen atoms in total. The van der Waals surface area contributed by atoms with Gasteiger partial charge in [-0.15, -0.1) is 0 Å². The Bertz CT molecular complexity index is 899. The quantitative estimate of drug-likeness (QED) is 0.621. The smallest absolute Gasteiger partial charge is 0.356 e. The van der Waals surface area contributed by atoms with Crippen LogP contribution < -0.4 is 0 Å². The van der Waals surface area contributed by atoms with Crippen LogP contribution >= 0.6 is 0 Å². The van der Waals surface area contributed by atoms with Crippen molar-refractivity contribution in [2.24, 2.45) is 23.7 Å². The number of aromatic nitrogens is 4. The number of carboxylic acid groups (broad SMARTS) is 2. The number of aromatic amines is 2. The number of hydrogen-bond acceptors (Lipinski definition) is 4. The molecule has 0 amide bonds. The Labute approximate surface area is 169 Å².